The van der Waals surface area contributed by atoms with E-state index >= 15 is 0 Å². The van der Waals surface area contributed by atoms with E-state index in [-0.39, 0.29) is 30.3 Å². The molecule has 0 spiro atoms. The Balaban J connectivity index is 1.65. The van der Waals surface area contributed by atoms with Crippen LogP contribution in [0.15, 0.2) is 48.5 Å². The van der Waals surface area contributed by atoms with Gasteiger partial charge in [0.15, 0.2) is 0 Å². The Bertz CT molecular complexity index is 820. The summed E-state index contributed by atoms with van der Waals surface area (Å²) in [5, 5.41) is 3.56. The van der Waals surface area contributed by atoms with Crippen molar-refractivity contribution in [3.8, 4) is 5.75 Å². The van der Waals surface area contributed by atoms with Crippen molar-refractivity contribution < 1.29 is 14.3 Å². The van der Waals surface area contributed by atoms with Gasteiger partial charge in [0.05, 0.1) is 17.7 Å². The molecule has 1 atom stereocenters. The molecule has 0 bridgehead atoms. The Morgan fingerprint density at radius 2 is 1.93 bits per heavy atom. The Morgan fingerprint density at radius 1 is 1.22 bits per heavy atom. The lowest BCUT2D eigenvalue weighted by atomic mass is 10.1. The first-order valence-electron chi connectivity index (χ1n) is 9.02. The molecule has 1 aliphatic rings. The topological polar surface area (TPSA) is 58.6 Å². The normalized spacial score (nSPS) is 16.7. The molecule has 0 aromatic heterocycles. The minimum atomic E-state index is -0.378. The second-order valence-electron chi connectivity index (χ2n) is 6.88. The number of carbonyl (C=O) groups is 2. The second kappa shape index (κ2) is 8.44. The Hall–Kier alpha value is -2.53. The monoisotopic (exact) mass is 386 g/mol. The van der Waals surface area contributed by atoms with Gasteiger partial charge in [-0.05, 0) is 43.7 Å². The molecule has 1 aliphatic heterocycles. The quantitative estimate of drug-likeness (QED) is 0.821. The predicted octanol–water partition coefficient (Wildman–Crippen LogP) is 3.80. The van der Waals surface area contributed by atoms with Gasteiger partial charge in [-0.25, -0.2) is 0 Å². The van der Waals surface area contributed by atoms with Crippen LogP contribution < -0.4 is 15.0 Å². The number of anilines is 1. The fourth-order valence-electron chi connectivity index (χ4n) is 3.09. The van der Waals surface area contributed by atoms with E-state index in [4.69, 9.17) is 16.3 Å². The zero-order valence-electron chi connectivity index (χ0n) is 15.4. The van der Waals surface area contributed by atoms with E-state index in [1.807, 2.05) is 50.2 Å². The van der Waals surface area contributed by atoms with E-state index in [0.29, 0.717) is 29.5 Å². The average molecular weight is 387 g/mol. The molecule has 1 heterocycles. The molecule has 1 unspecified atom stereocenters. The zero-order chi connectivity index (χ0) is 19.4. The SMILES string of the molecule is CC(C)Oc1ccccc1N1CC(C(=O)NCc2ccc(Cl)cc2)CC1=O. The fourth-order valence-corrected chi connectivity index (χ4v) is 3.21. The number of ether oxygens (including phenoxy) is 1. The number of benzene rings is 2. The number of hydrogen-bond acceptors (Lipinski definition) is 3. The minimum absolute atomic E-state index is 0.00215. The molecule has 0 radical (unpaired) electrons. The average Bonchev–Trinajstić information content (AvgIpc) is 3.03. The molecule has 6 heteroatoms. The summed E-state index contributed by atoms with van der Waals surface area (Å²) in [5.41, 5.74) is 1.67. The first kappa shape index (κ1) is 19.2. The first-order chi connectivity index (χ1) is 12.9. The maximum Gasteiger partial charge on any atom is 0.227 e. The van der Waals surface area contributed by atoms with Gasteiger partial charge in [-0.2, -0.15) is 0 Å². The van der Waals surface area contributed by atoms with Crippen LogP contribution in [0.3, 0.4) is 0 Å². The summed E-state index contributed by atoms with van der Waals surface area (Å²) >= 11 is 5.87. The summed E-state index contributed by atoms with van der Waals surface area (Å²) in [6.07, 6.45) is 0.199. The molecule has 0 saturated carbocycles. The van der Waals surface area contributed by atoms with E-state index in [0.717, 1.165) is 5.56 Å². The Morgan fingerprint density at radius 3 is 2.63 bits per heavy atom. The number of carbonyl (C=O) groups excluding carboxylic acids is 2. The molecule has 1 fully saturated rings. The van der Waals surface area contributed by atoms with Crippen molar-refractivity contribution in [1.29, 1.82) is 0 Å². The van der Waals surface area contributed by atoms with Crippen molar-refractivity contribution in [2.45, 2.75) is 32.9 Å². The van der Waals surface area contributed by atoms with Crippen LogP contribution in [0.1, 0.15) is 25.8 Å². The van der Waals surface area contributed by atoms with Gasteiger partial charge >= 0.3 is 0 Å². The zero-order valence-corrected chi connectivity index (χ0v) is 16.2. The number of hydrogen-bond donors (Lipinski definition) is 1. The van der Waals surface area contributed by atoms with Crippen molar-refractivity contribution in [3.05, 3.63) is 59.1 Å². The van der Waals surface area contributed by atoms with Crippen LogP contribution in [0.2, 0.25) is 5.02 Å². The van der Waals surface area contributed by atoms with Gasteiger partial charge in [0, 0.05) is 24.5 Å². The third-order valence-electron chi connectivity index (χ3n) is 4.39. The summed E-state index contributed by atoms with van der Waals surface area (Å²) in [6.45, 7) is 4.64. The number of nitrogens with zero attached hydrogens (tertiary/aromatic N) is 1. The number of rotatable bonds is 6. The van der Waals surface area contributed by atoms with E-state index in [9.17, 15) is 9.59 Å². The van der Waals surface area contributed by atoms with Crippen LogP contribution in [0.4, 0.5) is 5.69 Å². The third kappa shape index (κ3) is 4.80. The van der Waals surface area contributed by atoms with Crippen molar-refractivity contribution in [2.75, 3.05) is 11.4 Å². The smallest absolute Gasteiger partial charge is 0.227 e. The van der Waals surface area contributed by atoms with Gasteiger partial charge in [-0.1, -0.05) is 35.9 Å². The lowest BCUT2D eigenvalue weighted by molar-refractivity contribution is -0.126. The van der Waals surface area contributed by atoms with E-state index in [2.05, 4.69) is 5.32 Å². The first-order valence-corrected chi connectivity index (χ1v) is 9.40. The number of amides is 2. The molecule has 2 aromatic carbocycles. The van der Waals surface area contributed by atoms with Crippen LogP contribution in [-0.4, -0.2) is 24.5 Å². The van der Waals surface area contributed by atoms with E-state index in [1.54, 1.807) is 17.0 Å². The van der Waals surface area contributed by atoms with Crippen LogP contribution in [0.5, 0.6) is 5.75 Å². The molecule has 1 N–H and O–H groups in total. The van der Waals surface area contributed by atoms with Gasteiger partial charge in [0.25, 0.3) is 0 Å². The lowest BCUT2D eigenvalue weighted by Gasteiger charge is -2.21. The summed E-state index contributed by atoms with van der Waals surface area (Å²) in [7, 11) is 0. The maximum atomic E-state index is 12.5. The molecule has 5 nitrogen and oxygen atoms in total. The largest absolute Gasteiger partial charge is 0.489 e. The van der Waals surface area contributed by atoms with Crippen LogP contribution >= 0.6 is 11.6 Å². The molecule has 0 aliphatic carbocycles. The number of para-hydroxylation sites is 2. The van der Waals surface area contributed by atoms with Crippen molar-refractivity contribution in [2.24, 2.45) is 5.92 Å². The predicted molar refractivity (Wildman–Crippen MR) is 106 cm³/mol. The number of halogens is 1. The molecule has 2 aromatic rings. The second-order valence-corrected chi connectivity index (χ2v) is 7.32. The Labute approximate surface area is 164 Å². The molecule has 2 amide bonds. The third-order valence-corrected chi connectivity index (χ3v) is 4.65. The highest BCUT2D eigenvalue weighted by Crippen LogP contribution is 2.33. The molecule has 142 valence electrons. The van der Waals surface area contributed by atoms with Crippen LogP contribution in [-0.2, 0) is 16.1 Å². The van der Waals surface area contributed by atoms with Crippen molar-refractivity contribution in [3.63, 3.8) is 0 Å². The highest BCUT2D eigenvalue weighted by atomic mass is 35.5. The van der Waals surface area contributed by atoms with Gasteiger partial charge in [0.2, 0.25) is 11.8 Å². The molecule has 3 rings (SSSR count). The molecular formula is C21H23ClN2O3. The Kier molecular flexibility index (Phi) is 6.01. The minimum Gasteiger partial charge on any atom is -0.489 e. The maximum absolute atomic E-state index is 12.5. The van der Waals surface area contributed by atoms with Gasteiger partial charge in [-0.15, -0.1) is 0 Å². The fraction of sp³-hybridized carbons (Fsp3) is 0.333. The summed E-state index contributed by atoms with van der Waals surface area (Å²) in [5.74, 6) is 0.0875. The van der Waals surface area contributed by atoms with Crippen molar-refractivity contribution >= 4 is 29.1 Å². The summed E-state index contributed by atoms with van der Waals surface area (Å²) in [4.78, 5) is 26.7. The highest BCUT2D eigenvalue weighted by Gasteiger charge is 2.36. The van der Waals surface area contributed by atoms with Crippen LogP contribution in [0.25, 0.3) is 0 Å². The van der Waals surface area contributed by atoms with E-state index < -0.39 is 0 Å². The lowest BCUT2D eigenvalue weighted by Crippen LogP contribution is -2.32. The molecular weight excluding hydrogens is 364 g/mol. The van der Waals surface area contributed by atoms with Gasteiger partial charge < -0.3 is 15.0 Å². The van der Waals surface area contributed by atoms with E-state index in [1.165, 1.54) is 0 Å². The standard InChI is InChI=1S/C21H23ClN2O3/c1-14(2)27-19-6-4-3-5-18(19)24-13-16(11-20(24)25)21(26)23-12-15-7-9-17(22)10-8-15/h3-10,14,16H,11-13H2,1-2H3,(H,23,26). The summed E-state index contributed by atoms with van der Waals surface area (Å²) in [6, 6.07) is 14.7. The number of nitrogens with one attached hydrogen (secondary N) is 1. The molecule has 27 heavy (non-hydrogen) atoms. The molecule has 1 saturated heterocycles. The van der Waals surface area contributed by atoms with Crippen LogP contribution in [0, 0.1) is 5.92 Å². The van der Waals surface area contributed by atoms with Gasteiger partial charge in [-0.3, -0.25) is 9.59 Å². The van der Waals surface area contributed by atoms with Gasteiger partial charge in [0.1, 0.15) is 5.75 Å². The summed E-state index contributed by atoms with van der Waals surface area (Å²) < 4.78 is 5.81. The highest BCUT2D eigenvalue weighted by molar-refractivity contribution is 6.30. The van der Waals surface area contributed by atoms with Crippen molar-refractivity contribution in [1.82, 2.24) is 5.32 Å².